The molecule has 80 valence electrons. The van der Waals surface area contributed by atoms with Crippen LogP contribution in [0.5, 0.6) is 0 Å². The Morgan fingerprint density at radius 3 is 2.46 bits per heavy atom. The molecule has 5 heteroatoms. The summed E-state index contributed by atoms with van der Waals surface area (Å²) in [7, 11) is 1.56. The van der Waals surface area contributed by atoms with Gasteiger partial charge < -0.3 is 14.9 Å². The summed E-state index contributed by atoms with van der Waals surface area (Å²) in [6.07, 6.45) is -0.802. The van der Waals surface area contributed by atoms with Gasteiger partial charge in [-0.2, -0.15) is 0 Å². The van der Waals surface area contributed by atoms with Gasteiger partial charge in [0.25, 0.3) is 0 Å². The number of hydrogen-bond acceptors (Lipinski definition) is 5. The fourth-order valence-electron chi connectivity index (χ4n) is 0.775. The van der Waals surface area contributed by atoms with Crippen molar-refractivity contribution in [3.05, 3.63) is 0 Å². The van der Waals surface area contributed by atoms with Crippen molar-refractivity contribution in [2.45, 2.75) is 25.6 Å². The van der Waals surface area contributed by atoms with Crippen LogP contribution in [-0.4, -0.2) is 49.4 Å². The van der Waals surface area contributed by atoms with Crippen molar-refractivity contribution >= 4 is 0 Å². The van der Waals surface area contributed by atoms with E-state index in [0.717, 1.165) is 0 Å². The molecule has 0 saturated heterocycles. The van der Waals surface area contributed by atoms with E-state index >= 15 is 0 Å². The Morgan fingerprint density at radius 2 is 2.00 bits per heavy atom. The van der Waals surface area contributed by atoms with Crippen molar-refractivity contribution in [3.8, 4) is 0 Å². The third kappa shape index (κ3) is 5.95. The van der Waals surface area contributed by atoms with E-state index in [9.17, 15) is 5.11 Å². The van der Waals surface area contributed by atoms with E-state index < -0.39 is 12.2 Å². The molecule has 0 heterocycles. The van der Waals surface area contributed by atoms with Crippen LogP contribution in [0.1, 0.15) is 13.3 Å². The van der Waals surface area contributed by atoms with Crippen LogP contribution in [0.3, 0.4) is 0 Å². The lowest BCUT2D eigenvalue weighted by Gasteiger charge is -2.18. The average Bonchev–Trinajstić information content (AvgIpc) is 2.17. The summed E-state index contributed by atoms with van der Waals surface area (Å²) >= 11 is 0. The fraction of sp³-hybridized carbons (Fsp3) is 1.00. The van der Waals surface area contributed by atoms with Crippen LogP contribution in [0.2, 0.25) is 0 Å². The smallest absolute Gasteiger partial charge is 0.121 e. The number of ether oxygens (including phenoxy) is 1. The Morgan fingerprint density at radius 1 is 1.31 bits per heavy atom. The summed E-state index contributed by atoms with van der Waals surface area (Å²) in [5, 5.41) is 17.8. The number of aliphatic hydroxyl groups excluding tert-OH is 2. The van der Waals surface area contributed by atoms with Crippen LogP contribution in [-0.2, 0) is 14.5 Å². The zero-order valence-corrected chi connectivity index (χ0v) is 8.10. The van der Waals surface area contributed by atoms with Crippen molar-refractivity contribution in [1.29, 1.82) is 0 Å². The van der Waals surface area contributed by atoms with Gasteiger partial charge in [-0.1, -0.05) is 6.92 Å². The van der Waals surface area contributed by atoms with Gasteiger partial charge in [-0.15, -0.1) is 0 Å². The van der Waals surface area contributed by atoms with E-state index in [4.69, 9.17) is 19.6 Å². The lowest BCUT2D eigenvalue weighted by molar-refractivity contribution is -0.342. The van der Waals surface area contributed by atoms with Crippen molar-refractivity contribution in [3.63, 3.8) is 0 Å². The maximum Gasteiger partial charge on any atom is 0.121 e. The predicted molar refractivity (Wildman–Crippen MR) is 46.1 cm³/mol. The predicted octanol–water partition coefficient (Wildman–Crippen LogP) is -0.287. The van der Waals surface area contributed by atoms with Gasteiger partial charge in [-0.05, 0) is 6.42 Å². The summed E-state index contributed by atoms with van der Waals surface area (Å²) in [5.41, 5.74) is 0. The molecule has 0 aliphatic rings. The van der Waals surface area contributed by atoms with E-state index in [0.29, 0.717) is 19.6 Å². The Bertz CT molecular complexity index is 109. The molecule has 0 aromatic carbocycles. The molecule has 0 spiro atoms. The van der Waals surface area contributed by atoms with Crippen LogP contribution >= 0.6 is 0 Å². The summed E-state index contributed by atoms with van der Waals surface area (Å²) in [6, 6.07) is 0. The molecule has 2 atom stereocenters. The summed E-state index contributed by atoms with van der Waals surface area (Å²) in [6.45, 7) is 2.26. The van der Waals surface area contributed by atoms with Gasteiger partial charge in [0.2, 0.25) is 0 Å². The topological polar surface area (TPSA) is 68.2 Å². The maximum atomic E-state index is 9.19. The van der Waals surface area contributed by atoms with Gasteiger partial charge in [0.15, 0.2) is 0 Å². The van der Waals surface area contributed by atoms with Gasteiger partial charge in [-0.3, -0.25) is 0 Å². The molecule has 2 unspecified atom stereocenters. The zero-order chi connectivity index (χ0) is 10.1. The molecule has 0 amide bonds. The van der Waals surface area contributed by atoms with E-state index in [2.05, 4.69) is 0 Å². The second kappa shape index (κ2) is 8.40. The Kier molecular flexibility index (Phi) is 8.27. The molecule has 0 aliphatic carbocycles. The molecular weight excluding hydrogens is 176 g/mol. The molecule has 2 N–H and O–H groups in total. The summed E-state index contributed by atoms with van der Waals surface area (Å²) < 4.78 is 4.73. The van der Waals surface area contributed by atoms with E-state index in [1.54, 1.807) is 7.11 Å². The molecule has 5 nitrogen and oxygen atoms in total. The maximum absolute atomic E-state index is 9.19. The first-order valence-corrected chi connectivity index (χ1v) is 4.32. The van der Waals surface area contributed by atoms with Crippen molar-refractivity contribution in [2.75, 3.05) is 26.9 Å². The van der Waals surface area contributed by atoms with Crippen LogP contribution in [0.15, 0.2) is 0 Å². The SMILES string of the molecule is CCC(OOCCOC)C(O)CO. The normalized spacial score (nSPS) is 15.7. The first-order valence-electron chi connectivity index (χ1n) is 4.32. The third-order valence-corrected chi connectivity index (χ3v) is 1.58. The summed E-state index contributed by atoms with van der Waals surface area (Å²) in [4.78, 5) is 9.61. The van der Waals surface area contributed by atoms with Gasteiger partial charge in [-0.25, -0.2) is 9.78 Å². The fourth-order valence-corrected chi connectivity index (χ4v) is 0.775. The molecule has 0 radical (unpaired) electrons. The molecule has 0 aromatic heterocycles. The first-order chi connectivity index (χ1) is 6.26. The molecular formula is C8H18O5. The van der Waals surface area contributed by atoms with E-state index in [-0.39, 0.29) is 6.61 Å². The molecule has 0 aromatic rings. The molecule has 0 saturated carbocycles. The minimum atomic E-state index is -0.896. The average molecular weight is 194 g/mol. The van der Waals surface area contributed by atoms with Gasteiger partial charge in [0.05, 0.1) is 13.2 Å². The van der Waals surface area contributed by atoms with Crippen LogP contribution in [0.25, 0.3) is 0 Å². The highest BCUT2D eigenvalue weighted by atomic mass is 17.2. The molecule has 0 bridgehead atoms. The van der Waals surface area contributed by atoms with E-state index in [1.165, 1.54) is 0 Å². The lowest BCUT2D eigenvalue weighted by atomic mass is 10.2. The highest BCUT2D eigenvalue weighted by molar-refractivity contribution is 4.63. The van der Waals surface area contributed by atoms with Gasteiger partial charge in [0, 0.05) is 7.11 Å². The van der Waals surface area contributed by atoms with E-state index in [1.807, 2.05) is 6.92 Å². The van der Waals surface area contributed by atoms with Crippen LogP contribution in [0, 0.1) is 0 Å². The number of rotatable bonds is 8. The van der Waals surface area contributed by atoms with Crippen molar-refractivity contribution in [1.82, 2.24) is 0 Å². The highest BCUT2D eigenvalue weighted by Gasteiger charge is 2.17. The lowest BCUT2D eigenvalue weighted by Crippen LogP contribution is -2.31. The second-order valence-electron chi connectivity index (χ2n) is 2.61. The Hall–Kier alpha value is -0.200. The highest BCUT2D eigenvalue weighted by Crippen LogP contribution is 2.04. The number of aliphatic hydroxyl groups is 2. The number of methoxy groups -OCH3 is 1. The van der Waals surface area contributed by atoms with Crippen LogP contribution < -0.4 is 0 Å². The Labute approximate surface area is 78.2 Å². The minimum Gasteiger partial charge on any atom is -0.394 e. The van der Waals surface area contributed by atoms with Gasteiger partial charge in [0.1, 0.15) is 18.8 Å². The third-order valence-electron chi connectivity index (χ3n) is 1.58. The molecule has 13 heavy (non-hydrogen) atoms. The summed E-state index contributed by atoms with van der Waals surface area (Å²) in [5.74, 6) is 0. The minimum absolute atomic E-state index is 0.311. The molecule has 0 fully saturated rings. The standard InChI is InChI=1S/C8H18O5/c1-3-8(7(10)6-9)13-12-5-4-11-2/h7-10H,3-6H2,1-2H3. The van der Waals surface area contributed by atoms with Crippen molar-refractivity contribution < 1.29 is 24.7 Å². The largest absolute Gasteiger partial charge is 0.394 e. The molecule has 0 rings (SSSR count). The van der Waals surface area contributed by atoms with Gasteiger partial charge >= 0.3 is 0 Å². The Balaban J connectivity index is 3.47. The monoisotopic (exact) mass is 194 g/mol. The van der Waals surface area contributed by atoms with Crippen LogP contribution in [0.4, 0.5) is 0 Å². The first kappa shape index (κ1) is 12.8. The quantitative estimate of drug-likeness (QED) is 0.316. The molecule has 0 aliphatic heterocycles. The number of hydrogen-bond donors (Lipinski definition) is 2. The second-order valence-corrected chi connectivity index (χ2v) is 2.61. The zero-order valence-electron chi connectivity index (χ0n) is 8.10. The van der Waals surface area contributed by atoms with Crippen molar-refractivity contribution in [2.24, 2.45) is 0 Å².